The molecular weight excluding hydrogens is 380 g/mol. The first-order chi connectivity index (χ1) is 14.6. The molecule has 7 heteroatoms. The average molecular weight is 406 g/mol. The number of fused-ring (bicyclic) bond motifs is 1. The van der Waals surface area contributed by atoms with E-state index in [2.05, 4.69) is 29.6 Å². The van der Waals surface area contributed by atoms with Crippen LogP contribution in [0, 0.1) is 0 Å². The number of likely N-dealkylation sites (N-methyl/N-ethyl adjacent to an activating group) is 1. The molecule has 3 N–H and O–H groups in total. The van der Waals surface area contributed by atoms with Crippen LogP contribution in [-0.2, 0) is 4.79 Å². The monoisotopic (exact) mass is 406 g/mol. The summed E-state index contributed by atoms with van der Waals surface area (Å²) in [5, 5.41) is 27.5. The van der Waals surface area contributed by atoms with Crippen LogP contribution in [0.25, 0.3) is 0 Å². The molecule has 30 heavy (non-hydrogen) atoms. The van der Waals surface area contributed by atoms with E-state index in [1.165, 1.54) is 6.08 Å². The Morgan fingerprint density at radius 1 is 1.07 bits per heavy atom. The maximum atomic E-state index is 13.1. The first-order valence-corrected chi connectivity index (χ1v) is 10.0. The molecule has 2 aliphatic heterocycles. The minimum Gasteiger partial charge on any atom is -0.507 e. The van der Waals surface area contributed by atoms with Gasteiger partial charge in [0.15, 0.2) is 11.5 Å². The second kappa shape index (κ2) is 8.71. The first-order valence-electron chi connectivity index (χ1n) is 10.0. The Kier molecular flexibility index (Phi) is 5.85. The second-order valence-corrected chi connectivity index (χ2v) is 7.34. The van der Waals surface area contributed by atoms with Crippen LogP contribution in [0.2, 0.25) is 0 Å². The smallest absolute Gasteiger partial charge is 0.276 e. The quantitative estimate of drug-likeness (QED) is 0.681. The van der Waals surface area contributed by atoms with Gasteiger partial charge in [0, 0.05) is 19.3 Å². The van der Waals surface area contributed by atoms with Crippen LogP contribution in [0.15, 0.2) is 84.4 Å². The van der Waals surface area contributed by atoms with Crippen LogP contribution in [-0.4, -0.2) is 63.9 Å². The summed E-state index contributed by atoms with van der Waals surface area (Å²) < 4.78 is 0. The van der Waals surface area contributed by atoms with Crippen molar-refractivity contribution in [3.8, 4) is 0 Å². The zero-order chi connectivity index (χ0) is 21.1. The standard InChI is InChI=1S/C23H26N4O3/c1-24-13-15-25-16-27(26-14-12-19(28)22(29)21(26)23(25)30)20(17-8-4-2-5-9-17)18-10-6-3-7-11-18/h2-12,14,19-20,24,28-29H,13,15-16H2,1H3. The highest BCUT2D eigenvalue weighted by Gasteiger charge is 2.42. The summed E-state index contributed by atoms with van der Waals surface area (Å²) in [7, 11) is 1.83. The molecular formula is C23H26N4O3. The van der Waals surface area contributed by atoms with Gasteiger partial charge in [-0.2, -0.15) is 5.01 Å². The van der Waals surface area contributed by atoms with Crippen molar-refractivity contribution in [2.24, 2.45) is 0 Å². The third kappa shape index (κ3) is 3.70. The van der Waals surface area contributed by atoms with Crippen molar-refractivity contribution in [2.75, 3.05) is 26.8 Å². The molecule has 2 aliphatic rings. The van der Waals surface area contributed by atoms with Crippen LogP contribution >= 0.6 is 0 Å². The van der Waals surface area contributed by atoms with E-state index < -0.39 is 6.10 Å². The number of benzene rings is 2. The number of rotatable bonds is 6. The van der Waals surface area contributed by atoms with Gasteiger partial charge in [0.2, 0.25) is 0 Å². The lowest BCUT2D eigenvalue weighted by Crippen LogP contribution is -2.59. The number of hydrogen-bond acceptors (Lipinski definition) is 6. The van der Waals surface area contributed by atoms with Gasteiger partial charge in [-0.3, -0.25) is 9.80 Å². The Morgan fingerprint density at radius 3 is 2.23 bits per heavy atom. The molecule has 1 unspecified atom stereocenters. The summed E-state index contributed by atoms with van der Waals surface area (Å²) in [6.07, 6.45) is 1.94. The van der Waals surface area contributed by atoms with Gasteiger partial charge in [0.05, 0.1) is 12.7 Å². The highest BCUT2D eigenvalue weighted by Crippen LogP contribution is 2.36. The topological polar surface area (TPSA) is 79.3 Å². The maximum absolute atomic E-state index is 13.1. The Labute approximate surface area is 176 Å². The van der Waals surface area contributed by atoms with E-state index in [0.717, 1.165) is 11.1 Å². The molecule has 0 bridgehead atoms. The predicted molar refractivity (Wildman–Crippen MR) is 114 cm³/mol. The van der Waals surface area contributed by atoms with Crippen molar-refractivity contribution >= 4 is 5.91 Å². The summed E-state index contributed by atoms with van der Waals surface area (Å²) >= 11 is 0. The lowest BCUT2D eigenvalue weighted by molar-refractivity contribution is -0.149. The normalized spacial score (nSPS) is 19.6. The average Bonchev–Trinajstić information content (AvgIpc) is 2.78. The molecule has 4 rings (SSSR count). The summed E-state index contributed by atoms with van der Waals surface area (Å²) in [5.41, 5.74) is 2.21. The molecule has 0 spiro atoms. The summed E-state index contributed by atoms with van der Waals surface area (Å²) in [5.74, 6) is -0.635. The van der Waals surface area contributed by atoms with E-state index in [1.807, 2.05) is 48.5 Å². The molecule has 1 atom stereocenters. The van der Waals surface area contributed by atoms with Crippen molar-refractivity contribution in [1.82, 2.24) is 20.2 Å². The summed E-state index contributed by atoms with van der Waals surface area (Å²) in [4.78, 5) is 14.8. The number of hydrazine groups is 1. The van der Waals surface area contributed by atoms with Gasteiger partial charge in [-0.15, -0.1) is 0 Å². The number of carbonyl (C=O) groups excluding carboxylic acids is 1. The SMILES string of the molecule is CNCCN1CN(C(c2ccccc2)c2ccccc2)N2C=CC(O)C(O)=C2C1=O. The molecule has 1 saturated heterocycles. The lowest BCUT2D eigenvalue weighted by atomic mass is 9.97. The van der Waals surface area contributed by atoms with Crippen LogP contribution in [0.1, 0.15) is 17.2 Å². The Bertz CT molecular complexity index is 906. The van der Waals surface area contributed by atoms with Crippen molar-refractivity contribution in [1.29, 1.82) is 0 Å². The first kappa shape index (κ1) is 20.2. The van der Waals surface area contributed by atoms with Crippen LogP contribution in [0.4, 0.5) is 0 Å². The number of aliphatic hydroxyl groups excluding tert-OH is 2. The van der Waals surface area contributed by atoms with Crippen molar-refractivity contribution in [3.63, 3.8) is 0 Å². The highest BCUT2D eigenvalue weighted by molar-refractivity contribution is 5.94. The van der Waals surface area contributed by atoms with Crippen LogP contribution < -0.4 is 5.32 Å². The summed E-state index contributed by atoms with van der Waals surface area (Å²) in [6.45, 7) is 1.44. The van der Waals surface area contributed by atoms with Gasteiger partial charge in [-0.1, -0.05) is 60.7 Å². The van der Waals surface area contributed by atoms with Gasteiger partial charge in [0.1, 0.15) is 6.10 Å². The molecule has 7 nitrogen and oxygen atoms in total. The molecule has 0 aromatic heterocycles. The van der Waals surface area contributed by atoms with Crippen molar-refractivity contribution in [2.45, 2.75) is 12.1 Å². The van der Waals surface area contributed by atoms with Crippen molar-refractivity contribution < 1.29 is 15.0 Å². The zero-order valence-corrected chi connectivity index (χ0v) is 16.8. The fourth-order valence-corrected chi connectivity index (χ4v) is 3.90. The minimum absolute atomic E-state index is 0.0872. The van der Waals surface area contributed by atoms with E-state index in [9.17, 15) is 15.0 Å². The molecule has 1 amide bonds. The Hall–Kier alpha value is -3.13. The molecule has 0 radical (unpaired) electrons. The number of hydrogen-bond donors (Lipinski definition) is 3. The number of amides is 1. The van der Waals surface area contributed by atoms with E-state index in [1.54, 1.807) is 16.1 Å². The van der Waals surface area contributed by atoms with Gasteiger partial charge in [-0.05, 0) is 24.3 Å². The molecule has 0 aliphatic carbocycles. The number of nitrogens with one attached hydrogen (secondary N) is 1. The van der Waals surface area contributed by atoms with E-state index >= 15 is 0 Å². The Balaban J connectivity index is 1.82. The number of nitrogens with zero attached hydrogens (tertiary/aromatic N) is 3. The van der Waals surface area contributed by atoms with Gasteiger partial charge in [0.25, 0.3) is 5.91 Å². The van der Waals surface area contributed by atoms with Crippen molar-refractivity contribution in [3.05, 3.63) is 95.5 Å². The second-order valence-electron chi connectivity index (χ2n) is 7.34. The predicted octanol–water partition coefficient (Wildman–Crippen LogP) is 1.97. The highest BCUT2D eigenvalue weighted by atomic mass is 16.3. The van der Waals surface area contributed by atoms with Crippen LogP contribution in [0.3, 0.4) is 0 Å². The molecule has 2 aromatic carbocycles. The van der Waals surface area contributed by atoms with E-state index in [0.29, 0.717) is 19.8 Å². The molecule has 156 valence electrons. The van der Waals surface area contributed by atoms with E-state index in [-0.39, 0.29) is 23.4 Å². The van der Waals surface area contributed by atoms with Gasteiger partial charge in [-0.25, -0.2) is 0 Å². The molecule has 1 fully saturated rings. The third-order valence-corrected chi connectivity index (χ3v) is 5.40. The Morgan fingerprint density at radius 2 is 1.67 bits per heavy atom. The van der Waals surface area contributed by atoms with Gasteiger partial charge >= 0.3 is 0 Å². The van der Waals surface area contributed by atoms with E-state index in [4.69, 9.17) is 0 Å². The van der Waals surface area contributed by atoms with Gasteiger partial charge < -0.3 is 20.4 Å². The molecule has 2 heterocycles. The summed E-state index contributed by atoms with van der Waals surface area (Å²) in [6, 6.07) is 19.9. The largest absolute Gasteiger partial charge is 0.507 e. The fraction of sp³-hybridized carbons (Fsp3) is 0.261. The third-order valence-electron chi connectivity index (χ3n) is 5.40. The molecule has 0 saturated carbocycles. The number of carbonyl (C=O) groups is 1. The maximum Gasteiger partial charge on any atom is 0.276 e. The van der Waals surface area contributed by atoms with Crippen LogP contribution in [0.5, 0.6) is 0 Å². The number of aliphatic hydroxyl groups is 2. The molecule has 2 aromatic rings. The fourth-order valence-electron chi connectivity index (χ4n) is 3.90. The minimum atomic E-state index is -1.20. The zero-order valence-electron chi connectivity index (χ0n) is 16.8. The lowest BCUT2D eigenvalue weighted by Gasteiger charge is -2.48.